The molecule has 1 aromatic carbocycles. The van der Waals surface area contributed by atoms with Crippen molar-refractivity contribution in [3.63, 3.8) is 0 Å². The van der Waals surface area contributed by atoms with Crippen molar-refractivity contribution < 1.29 is 19.8 Å². The number of carboxylic acids is 1. The molecule has 7 heteroatoms. The minimum absolute atomic E-state index is 0.0490. The standard InChI is InChI=1S/C12H15ClN2O4/c13-9-3-2-8(12(18)19)6-10(9)15-11(17)7-14-4-1-5-16/h2-3,6,14,16H,1,4-5,7H2,(H,15,17)(H,18,19). The van der Waals surface area contributed by atoms with Crippen LogP contribution in [0.15, 0.2) is 18.2 Å². The number of amides is 1. The van der Waals surface area contributed by atoms with Crippen LogP contribution in [0.4, 0.5) is 5.69 Å². The summed E-state index contributed by atoms with van der Waals surface area (Å²) in [5.74, 6) is -1.42. The molecule has 104 valence electrons. The van der Waals surface area contributed by atoms with E-state index in [2.05, 4.69) is 10.6 Å². The third-order valence-corrected chi connectivity index (χ3v) is 2.61. The Hall–Kier alpha value is -1.63. The molecule has 0 aliphatic heterocycles. The lowest BCUT2D eigenvalue weighted by molar-refractivity contribution is -0.115. The van der Waals surface area contributed by atoms with Gasteiger partial charge in [-0.25, -0.2) is 4.79 Å². The van der Waals surface area contributed by atoms with E-state index in [1.165, 1.54) is 18.2 Å². The molecule has 1 rings (SSSR count). The molecule has 0 radical (unpaired) electrons. The summed E-state index contributed by atoms with van der Waals surface area (Å²) in [4.78, 5) is 22.4. The molecule has 0 aliphatic rings. The Labute approximate surface area is 115 Å². The summed E-state index contributed by atoms with van der Waals surface area (Å²) in [6.45, 7) is 0.640. The Bertz CT molecular complexity index is 465. The second kappa shape index (κ2) is 7.73. The topological polar surface area (TPSA) is 98.7 Å². The van der Waals surface area contributed by atoms with E-state index in [1.54, 1.807) is 0 Å². The maximum atomic E-state index is 11.6. The van der Waals surface area contributed by atoms with Crippen molar-refractivity contribution in [1.29, 1.82) is 0 Å². The van der Waals surface area contributed by atoms with E-state index in [1.807, 2.05) is 0 Å². The minimum Gasteiger partial charge on any atom is -0.478 e. The Morgan fingerprint density at radius 1 is 1.32 bits per heavy atom. The lowest BCUT2D eigenvalue weighted by Gasteiger charge is -2.08. The summed E-state index contributed by atoms with van der Waals surface area (Å²) in [6.07, 6.45) is 0.558. The molecule has 1 amide bonds. The van der Waals surface area contributed by atoms with Crippen molar-refractivity contribution in [2.45, 2.75) is 6.42 Å². The van der Waals surface area contributed by atoms with E-state index >= 15 is 0 Å². The SMILES string of the molecule is O=C(CNCCCO)Nc1cc(C(=O)O)ccc1Cl. The smallest absolute Gasteiger partial charge is 0.335 e. The van der Waals surface area contributed by atoms with Crippen molar-refractivity contribution in [3.8, 4) is 0 Å². The first-order valence-corrected chi connectivity index (χ1v) is 6.06. The molecule has 0 saturated carbocycles. The van der Waals surface area contributed by atoms with Crippen LogP contribution in [0.2, 0.25) is 5.02 Å². The number of hydrogen-bond donors (Lipinski definition) is 4. The van der Waals surface area contributed by atoms with Crippen molar-refractivity contribution in [3.05, 3.63) is 28.8 Å². The minimum atomic E-state index is -1.09. The average molecular weight is 287 g/mol. The van der Waals surface area contributed by atoms with Crippen LogP contribution in [-0.4, -0.2) is 41.8 Å². The van der Waals surface area contributed by atoms with Crippen molar-refractivity contribution >= 4 is 29.2 Å². The number of aliphatic hydroxyl groups excluding tert-OH is 1. The molecule has 0 unspecified atom stereocenters. The normalized spacial score (nSPS) is 10.2. The maximum absolute atomic E-state index is 11.6. The van der Waals surface area contributed by atoms with Gasteiger partial charge >= 0.3 is 5.97 Å². The molecule has 0 spiro atoms. The van der Waals surface area contributed by atoms with E-state index in [4.69, 9.17) is 21.8 Å². The van der Waals surface area contributed by atoms with Crippen LogP contribution < -0.4 is 10.6 Å². The fourth-order valence-corrected chi connectivity index (χ4v) is 1.52. The zero-order chi connectivity index (χ0) is 14.3. The highest BCUT2D eigenvalue weighted by atomic mass is 35.5. The lowest BCUT2D eigenvalue weighted by Crippen LogP contribution is -2.29. The molecular weight excluding hydrogens is 272 g/mol. The van der Waals surface area contributed by atoms with Crippen molar-refractivity contribution in [2.24, 2.45) is 0 Å². The molecule has 0 aromatic heterocycles. The third kappa shape index (κ3) is 5.25. The van der Waals surface area contributed by atoms with Crippen LogP contribution in [0.1, 0.15) is 16.8 Å². The van der Waals surface area contributed by atoms with E-state index in [-0.39, 0.29) is 35.3 Å². The summed E-state index contributed by atoms with van der Waals surface area (Å²) in [7, 11) is 0. The monoisotopic (exact) mass is 286 g/mol. The number of carbonyl (C=O) groups is 2. The molecule has 0 fully saturated rings. The summed E-state index contributed by atoms with van der Waals surface area (Å²) in [6, 6.07) is 4.08. The largest absolute Gasteiger partial charge is 0.478 e. The van der Waals surface area contributed by atoms with Crippen LogP contribution in [-0.2, 0) is 4.79 Å². The first-order chi connectivity index (χ1) is 9.04. The van der Waals surface area contributed by atoms with Gasteiger partial charge in [0.05, 0.1) is 22.8 Å². The molecule has 0 atom stereocenters. The van der Waals surface area contributed by atoms with Crippen molar-refractivity contribution in [2.75, 3.05) is 25.0 Å². The Morgan fingerprint density at radius 3 is 2.68 bits per heavy atom. The maximum Gasteiger partial charge on any atom is 0.335 e. The predicted octanol–water partition coefficient (Wildman–Crippen LogP) is 0.949. The Morgan fingerprint density at radius 2 is 2.05 bits per heavy atom. The first-order valence-electron chi connectivity index (χ1n) is 5.69. The molecule has 0 bridgehead atoms. The van der Waals surface area contributed by atoms with Gasteiger partial charge in [0.25, 0.3) is 0 Å². The number of aromatic carboxylic acids is 1. The van der Waals surface area contributed by atoms with Gasteiger partial charge in [0.1, 0.15) is 0 Å². The van der Waals surface area contributed by atoms with Gasteiger partial charge in [-0.1, -0.05) is 11.6 Å². The van der Waals surface area contributed by atoms with Gasteiger partial charge in [0.2, 0.25) is 5.91 Å². The highest BCUT2D eigenvalue weighted by Gasteiger charge is 2.09. The van der Waals surface area contributed by atoms with Crippen LogP contribution in [0.3, 0.4) is 0 Å². The summed E-state index contributed by atoms with van der Waals surface area (Å²) in [5.41, 5.74) is 0.309. The number of aliphatic hydroxyl groups is 1. The van der Waals surface area contributed by atoms with Crippen LogP contribution in [0.25, 0.3) is 0 Å². The zero-order valence-electron chi connectivity index (χ0n) is 10.1. The van der Waals surface area contributed by atoms with Gasteiger partial charge in [0.15, 0.2) is 0 Å². The number of rotatable bonds is 7. The number of hydrogen-bond acceptors (Lipinski definition) is 4. The fourth-order valence-electron chi connectivity index (χ4n) is 1.35. The van der Waals surface area contributed by atoms with Gasteiger partial charge in [-0.3, -0.25) is 4.79 Å². The third-order valence-electron chi connectivity index (χ3n) is 2.28. The number of carbonyl (C=O) groups excluding carboxylic acids is 1. The van der Waals surface area contributed by atoms with Gasteiger partial charge in [-0.2, -0.15) is 0 Å². The average Bonchev–Trinajstić information content (AvgIpc) is 2.37. The Balaban J connectivity index is 2.58. The Kier molecular flexibility index (Phi) is 6.27. The number of benzene rings is 1. The second-order valence-electron chi connectivity index (χ2n) is 3.80. The highest BCUT2D eigenvalue weighted by Crippen LogP contribution is 2.22. The van der Waals surface area contributed by atoms with Gasteiger partial charge in [0, 0.05) is 6.61 Å². The number of carboxylic acid groups (broad SMARTS) is 1. The molecule has 0 saturated heterocycles. The summed E-state index contributed by atoms with van der Waals surface area (Å²) in [5, 5.41) is 23.0. The highest BCUT2D eigenvalue weighted by molar-refractivity contribution is 6.33. The van der Waals surface area contributed by atoms with Gasteiger partial charge < -0.3 is 20.8 Å². The fraction of sp³-hybridized carbons (Fsp3) is 0.333. The van der Waals surface area contributed by atoms with Crippen LogP contribution >= 0.6 is 11.6 Å². The molecule has 0 aliphatic carbocycles. The zero-order valence-corrected chi connectivity index (χ0v) is 10.9. The molecule has 19 heavy (non-hydrogen) atoms. The molecule has 0 heterocycles. The molecule has 1 aromatic rings. The second-order valence-corrected chi connectivity index (χ2v) is 4.21. The van der Waals surface area contributed by atoms with E-state index in [0.717, 1.165) is 0 Å². The summed E-state index contributed by atoms with van der Waals surface area (Å²) < 4.78 is 0. The van der Waals surface area contributed by atoms with Gasteiger partial charge in [-0.15, -0.1) is 0 Å². The quantitative estimate of drug-likeness (QED) is 0.559. The van der Waals surface area contributed by atoms with Crippen molar-refractivity contribution in [1.82, 2.24) is 5.32 Å². The predicted molar refractivity (Wildman–Crippen MR) is 71.6 cm³/mol. The van der Waals surface area contributed by atoms with E-state index in [9.17, 15) is 9.59 Å². The van der Waals surface area contributed by atoms with Crippen LogP contribution in [0.5, 0.6) is 0 Å². The van der Waals surface area contributed by atoms with Gasteiger partial charge in [-0.05, 0) is 31.2 Å². The summed E-state index contributed by atoms with van der Waals surface area (Å²) >= 11 is 5.87. The number of halogens is 1. The number of nitrogens with one attached hydrogen (secondary N) is 2. The number of anilines is 1. The first kappa shape index (κ1) is 15.4. The lowest BCUT2D eigenvalue weighted by atomic mass is 10.2. The molecule has 6 nitrogen and oxygen atoms in total. The van der Waals surface area contributed by atoms with E-state index in [0.29, 0.717) is 13.0 Å². The molecular formula is C12H15ClN2O4. The van der Waals surface area contributed by atoms with E-state index < -0.39 is 5.97 Å². The molecule has 4 N–H and O–H groups in total. The van der Waals surface area contributed by atoms with Crippen LogP contribution in [0, 0.1) is 0 Å².